The Morgan fingerprint density at radius 3 is 2.78 bits per heavy atom. The van der Waals surface area contributed by atoms with E-state index in [4.69, 9.17) is 15.7 Å². The third kappa shape index (κ3) is 3.70. The van der Waals surface area contributed by atoms with Gasteiger partial charge in [0.1, 0.15) is 5.69 Å². The number of aliphatic carboxylic acids is 1. The summed E-state index contributed by atoms with van der Waals surface area (Å²) in [6.07, 6.45) is 0. The van der Waals surface area contributed by atoms with Crippen molar-refractivity contribution in [3.63, 3.8) is 0 Å². The predicted octanol–water partition coefficient (Wildman–Crippen LogP) is 0.440. The van der Waals surface area contributed by atoms with Crippen molar-refractivity contribution < 1.29 is 24.3 Å². The third-order valence-electron chi connectivity index (χ3n) is 1.66. The number of thiazole rings is 1. The van der Waals surface area contributed by atoms with E-state index in [1.807, 2.05) is 0 Å². The first-order valence-electron chi connectivity index (χ1n) is 4.68. The molecule has 9 heteroatoms. The Hall–Kier alpha value is -2.16. The number of carbonyl (C=O) groups is 2. The lowest BCUT2D eigenvalue weighted by Gasteiger charge is -2.19. The maximum absolute atomic E-state index is 11.0. The molecule has 98 valence electrons. The Balaban J connectivity index is 2.93. The van der Waals surface area contributed by atoms with Crippen molar-refractivity contribution in [1.29, 1.82) is 0 Å². The van der Waals surface area contributed by atoms with Gasteiger partial charge >= 0.3 is 5.97 Å². The van der Waals surface area contributed by atoms with Crippen LogP contribution in [0.3, 0.4) is 0 Å². The maximum atomic E-state index is 11.0. The topological polar surface area (TPSA) is 124 Å². The van der Waals surface area contributed by atoms with Crippen molar-refractivity contribution in [1.82, 2.24) is 4.98 Å². The summed E-state index contributed by atoms with van der Waals surface area (Å²) in [7, 11) is 0. The predicted molar refractivity (Wildman–Crippen MR) is 63.0 cm³/mol. The van der Waals surface area contributed by atoms with Gasteiger partial charge in [-0.2, -0.15) is 0 Å². The number of hydrogen-bond donors (Lipinski definition) is 2. The molecule has 1 aromatic rings. The van der Waals surface area contributed by atoms with E-state index < -0.39 is 17.5 Å². The Bertz CT molecular complexity index is 482. The molecule has 0 atom stereocenters. The van der Waals surface area contributed by atoms with Crippen LogP contribution in [0.25, 0.3) is 0 Å². The molecule has 0 aromatic carbocycles. The van der Waals surface area contributed by atoms with E-state index in [9.17, 15) is 9.59 Å². The van der Waals surface area contributed by atoms with Gasteiger partial charge in [0, 0.05) is 19.2 Å². The van der Waals surface area contributed by atoms with Crippen molar-refractivity contribution in [3.8, 4) is 0 Å². The number of hydrogen-bond acceptors (Lipinski definition) is 8. The molecule has 1 heterocycles. The number of nitrogen functional groups attached to an aromatic ring is 1. The van der Waals surface area contributed by atoms with Crippen LogP contribution in [-0.2, 0) is 19.2 Å². The molecule has 0 saturated carbocycles. The van der Waals surface area contributed by atoms with E-state index in [1.54, 1.807) is 0 Å². The molecule has 0 aliphatic heterocycles. The van der Waals surface area contributed by atoms with E-state index in [-0.39, 0.29) is 17.3 Å². The van der Waals surface area contributed by atoms with Crippen molar-refractivity contribution in [2.75, 3.05) is 5.73 Å². The highest BCUT2D eigenvalue weighted by atomic mass is 32.1. The minimum absolute atomic E-state index is 0.0758. The largest absolute Gasteiger partial charge is 0.476 e. The fourth-order valence-corrected chi connectivity index (χ4v) is 1.43. The number of carboxylic acids is 1. The van der Waals surface area contributed by atoms with Gasteiger partial charge < -0.3 is 20.4 Å². The molecular formula is C9H11N3O5S. The summed E-state index contributed by atoms with van der Waals surface area (Å²) >= 11 is 1.07. The Morgan fingerprint density at radius 1 is 1.67 bits per heavy atom. The summed E-state index contributed by atoms with van der Waals surface area (Å²) in [5, 5.41) is 14.0. The van der Waals surface area contributed by atoms with Crippen LogP contribution in [0.2, 0.25) is 0 Å². The van der Waals surface area contributed by atoms with Gasteiger partial charge in [0.05, 0.1) is 0 Å². The lowest BCUT2D eigenvalue weighted by Crippen LogP contribution is -2.27. The van der Waals surface area contributed by atoms with E-state index in [2.05, 4.69) is 14.9 Å². The Morgan fingerprint density at radius 2 is 2.33 bits per heavy atom. The standard InChI is InChI=1S/C9H11N3O5S/c1-9(2,16-4-13)17-12-6(7(14)15)5-3-18-8(10)11-5/h3-4H,1-2H3,(H2,10,11)(H,14,15)/b12-6+. The lowest BCUT2D eigenvalue weighted by atomic mass is 10.3. The third-order valence-corrected chi connectivity index (χ3v) is 2.33. The highest BCUT2D eigenvalue weighted by Crippen LogP contribution is 2.15. The molecule has 1 rings (SSSR count). The second-order valence-electron chi connectivity index (χ2n) is 3.52. The molecule has 0 spiro atoms. The van der Waals surface area contributed by atoms with Gasteiger partial charge in [-0.3, -0.25) is 4.79 Å². The van der Waals surface area contributed by atoms with Gasteiger partial charge in [0.15, 0.2) is 5.13 Å². The summed E-state index contributed by atoms with van der Waals surface area (Å²) < 4.78 is 4.56. The molecule has 0 aliphatic rings. The fraction of sp³-hybridized carbons (Fsp3) is 0.333. The quantitative estimate of drug-likeness (QED) is 0.333. The minimum atomic E-state index is -1.37. The molecular weight excluding hydrogens is 262 g/mol. The first kappa shape index (κ1) is 13.9. The SMILES string of the molecule is CC(C)(OC=O)O/N=C(/C(=O)O)c1csc(N)n1. The van der Waals surface area contributed by atoms with Crippen LogP contribution in [0.1, 0.15) is 19.5 Å². The number of anilines is 1. The minimum Gasteiger partial charge on any atom is -0.476 e. The molecule has 1 aromatic heterocycles. The van der Waals surface area contributed by atoms with Gasteiger partial charge in [0.25, 0.3) is 12.3 Å². The number of rotatable bonds is 6. The Kier molecular flexibility index (Phi) is 4.21. The number of aromatic nitrogens is 1. The average molecular weight is 273 g/mol. The van der Waals surface area contributed by atoms with Gasteiger partial charge in [-0.1, -0.05) is 5.16 Å². The summed E-state index contributed by atoms with van der Waals surface area (Å²) in [4.78, 5) is 29.8. The van der Waals surface area contributed by atoms with Gasteiger partial charge in [-0.15, -0.1) is 11.3 Å². The van der Waals surface area contributed by atoms with Crippen molar-refractivity contribution in [2.45, 2.75) is 19.6 Å². The molecule has 0 radical (unpaired) electrons. The first-order chi connectivity index (χ1) is 8.35. The maximum Gasteiger partial charge on any atom is 0.360 e. The van der Waals surface area contributed by atoms with E-state index in [1.165, 1.54) is 19.2 Å². The van der Waals surface area contributed by atoms with Crippen molar-refractivity contribution in [3.05, 3.63) is 11.1 Å². The van der Waals surface area contributed by atoms with Crippen LogP contribution in [-0.4, -0.2) is 34.0 Å². The number of nitrogens with zero attached hydrogens (tertiary/aromatic N) is 2. The van der Waals surface area contributed by atoms with Crippen LogP contribution in [0.4, 0.5) is 5.13 Å². The molecule has 18 heavy (non-hydrogen) atoms. The van der Waals surface area contributed by atoms with E-state index in [0.29, 0.717) is 0 Å². The molecule has 0 saturated heterocycles. The molecule has 0 aliphatic carbocycles. The first-order valence-corrected chi connectivity index (χ1v) is 5.56. The lowest BCUT2D eigenvalue weighted by molar-refractivity contribution is -0.203. The number of ether oxygens (including phenoxy) is 1. The van der Waals surface area contributed by atoms with Crippen LogP contribution >= 0.6 is 11.3 Å². The van der Waals surface area contributed by atoms with Crippen molar-refractivity contribution in [2.24, 2.45) is 5.16 Å². The monoisotopic (exact) mass is 273 g/mol. The Labute approximate surface area is 106 Å². The van der Waals surface area contributed by atoms with Crippen LogP contribution < -0.4 is 5.73 Å². The second kappa shape index (κ2) is 5.45. The molecule has 0 bridgehead atoms. The van der Waals surface area contributed by atoms with Gasteiger partial charge in [0.2, 0.25) is 5.71 Å². The number of carbonyl (C=O) groups excluding carboxylic acids is 1. The highest BCUT2D eigenvalue weighted by Gasteiger charge is 2.23. The van der Waals surface area contributed by atoms with Crippen LogP contribution in [0.15, 0.2) is 10.5 Å². The zero-order chi connectivity index (χ0) is 13.8. The van der Waals surface area contributed by atoms with Crippen LogP contribution in [0.5, 0.6) is 0 Å². The van der Waals surface area contributed by atoms with E-state index in [0.717, 1.165) is 11.3 Å². The summed E-state index contributed by atoms with van der Waals surface area (Å²) in [5.41, 5.74) is 5.04. The smallest absolute Gasteiger partial charge is 0.360 e. The number of nitrogens with two attached hydrogens (primary N) is 1. The molecule has 0 amide bonds. The molecule has 0 fully saturated rings. The number of carboxylic acid groups (broad SMARTS) is 1. The second-order valence-corrected chi connectivity index (χ2v) is 4.41. The fourth-order valence-electron chi connectivity index (χ4n) is 0.885. The summed E-state index contributed by atoms with van der Waals surface area (Å²) in [6.45, 7) is 2.98. The van der Waals surface area contributed by atoms with Crippen molar-refractivity contribution >= 4 is 34.6 Å². The molecule has 0 unspecified atom stereocenters. The summed E-state index contributed by atoms with van der Waals surface area (Å²) in [6, 6.07) is 0. The zero-order valence-electron chi connectivity index (χ0n) is 9.61. The van der Waals surface area contributed by atoms with Crippen LogP contribution in [0, 0.1) is 0 Å². The summed E-state index contributed by atoms with van der Waals surface area (Å²) in [5.74, 6) is -2.70. The molecule has 3 N–H and O–H groups in total. The normalized spacial score (nSPS) is 12.0. The average Bonchev–Trinajstić information content (AvgIpc) is 2.64. The highest BCUT2D eigenvalue weighted by molar-refractivity contribution is 7.13. The van der Waals surface area contributed by atoms with E-state index >= 15 is 0 Å². The van der Waals surface area contributed by atoms with Gasteiger partial charge in [-0.25, -0.2) is 9.78 Å². The van der Waals surface area contributed by atoms with Gasteiger partial charge in [-0.05, 0) is 0 Å². The molecule has 8 nitrogen and oxygen atoms in total. The number of oxime groups is 1. The zero-order valence-corrected chi connectivity index (χ0v) is 10.4.